The predicted molar refractivity (Wildman–Crippen MR) is 109 cm³/mol. The second kappa shape index (κ2) is 6.79. The number of carbonyl (C=O) groups excluding carboxylic acids is 1. The molecule has 1 aliphatic heterocycles. The largest absolute Gasteiger partial charge is 0.337 e. The van der Waals surface area contributed by atoms with Crippen LogP contribution in [0.1, 0.15) is 34.5 Å². The molecule has 0 spiro atoms. The Bertz CT molecular complexity index is 1110. The fraction of sp³-hybridized carbons (Fsp3) is 0.250. The molecule has 1 amide bonds. The van der Waals surface area contributed by atoms with Crippen molar-refractivity contribution in [1.29, 1.82) is 0 Å². The lowest BCUT2D eigenvalue weighted by Crippen LogP contribution is -2.44. The monoisotopic (exact) mass is 392 g/mol. The van der Waals surface area contributed by atoms with Crippen LogP contribution in [0.3, 0.4) is 0 Å². The quantitative estimate of drug-likeness (QED) is 0.567. The van der Waals surface area contributed by atoms with Gasteiger partial charge in [0.2, 0.25) is 0 Å². The maximum atomic E-state index is 12.7. The van der Waals surface area contributed by atoms with Crippen molar-refractivity contribution in [1.82, 2.24) is 24.3 Å². The molecule has 5 rings (SSSR count). The Morgan fingerprint density at radius 2 is 2.07 bits per heavy atom. The number of nitrogens with one attached hydrogen (secondary N) is 1. The average molecular weight is 392 g/mol. The van der Waals surface area contributed by atoms with E-state index in [1.807, 2.05) is 44.9 Å². The minimum atomic E-state index is -0.0693. The summed E-state index contributed by atoms with van der Waals surface area (Å²) in [6.45, 7) is 3.95. The third-order valence-corrected chi connectivity index (χ3v) is 5.79. The van der Waals surface area contributed by atoms with Crippen LogP contribution in [0.15, 0.2) is 48.1 Å². The first-order valence-electron chi connectivity index (χ1n) is 9.30. The van der Waals surface area contributed by atoms with Gasteiger partial charge >= 0.3 is 0 Å². The molecule has 0 atom stereocenters. The molecule has 0 unspecified atom stereocenters. The van der Waals surface area contributed by atoms with Crippen LogP contribution in [0, 0.1) is 0 Å². The minimum Gasteiger partial charge on any atom is -0.337 e. The molecule has 142 valence electrons. The van der Waals surface area contributed by atoms with Crippen LogP contribution in [0.5, 0.6) is 0 Å². The number of amides is 1. The number of imidazole rings is 2. The van der Waals surface area contributed by atoms with Crippen LogP contribution in [0.4, 0.5) is 5.82 Å². The van der Waals surface area contributed by atoms with E-state index in [9.17, 15) is 4.79 Å². The molecule has 0 saturated heterocycles. The van der Waals surface area contributed by atoms with E-state index >= 15 is 0 Å². The van der Waals surface area contributed by atoms with E-state index < -0.39 is 0 Å². The number of hydrogen-bond donors (Lipinski definition) is 1. The van der Waals surface area contributed by atoms with E-state index in [0.717, 1.165) is 34.4 Å². The van der Waals surface area contributed by atoms with Gasteiger partial charge in [-0.15, -0.1) is 11.3 Å². The third kappa shape index (κ3) is 2.86. The normalized spacial score (nSPS) is 13.8. The molecular weight excluding hydrogens is 372 g/mol. The Balaban J connectivity index is 1.60. The number of rotatable bonds is 5. The summed E-state index contributed by atoms with van der Waals surface area (Å²) in [5.74, 6) is 1.55. The molecule has 7 nitrogen and oxygen atoms in total. The number of nitrogens with zero attached hydrogens (tertiary/aromatic N) is 5. The number of carbonyl (C=O) groups is 1. The fourth-order valence-corrected chi connectivity index (χ4v) is 4.33. The lowest BCUT2D eigenvalue weighted by molar-refractivity contribution is 0.0938. The zero-order chi connectivity index (χ0) is 19.1. The molecule has 4 heterocycles. The summed E-state index contributed by atoms with van der Waals surface area (Å²) in [4.78, 5) is 25.3. The van der Waals surface area contributed by atoms with Gasteiger partial charge in [-0.2, -0.15) is 0 Å². The van der Waals surface area contributed by atoms with Gasteiger partial charge < -0.3 is 14.8 Å². The third-order valence-electron chi connectivity index (χ3n) is 5.02. The first-order chi connectivity index (χ1) is 13.7. The molecule has 8 heteroatoms. The van der Waals surface area contributed by atoms with Gasteiger partial charge in [-0.25, -0.2) is 9.97 Å². The summed E-state index contributed by atoms with van der Waals surface area (Å²) < 4.78 is 4.06. The Morgan fingerprint density at radius 1 is 1.21 bits per heavy atom. The summed E-state index contributed by atoms with van der Waals surface area (Å²) in [5.41, 5.74) is 2.72. The lowest BCUT2D eigenvalue weighted by atomic mass is 10.2. The molecule has 1 aliphatic rings. The summed E-state index contributed by atoms with van der Waals surface area (Å²) in [6, 6.07) is 10.2. The molecule has 4 aromatic rings. The summed E-state index contributed by atoms with van der Waals surface area (Å²) in [6.07, 6.45) is 4.62. The smallest absolute Gasteiger partial charge is 0.273 e. The van der Waals surface area contributed by atoms with Gasteiger partial charge in [0.15, 0.2) is 16.5 Å². The predicted octanol–water partition coefficient (Wildman–Crippen LogP) is 2.76. The highest BCUT2D eigenvalue weighted by atomic mass is 32.1. The number of aromatic nitrogens is 4. The van der Waals surface area contributed by atoms with E-state index in [2.05, 4.69) is 29.3 Å². The average Bonchev–Trinajstić information content (AvgIpc) is 3.38. The van der Waals surface area contributed by atoms with Gasteiger partial charge in [0.1, 0.15) is 5.82 Å². The first kappa shape index (κ1) is 17.0. The van der Waals surface area contributed by atoms with Gasteiger partial charge in [-0.3, -0.25) is 9.20 Å². The minimum absolute atomic E-state index is 0.0693. The highest BCUT2D eigenvalue weighted by Crippen LogP contribution is 2.27. The second-order valence-electron chi connectivity index (χ2n) is 6.79. The maximum Gasteiger partial charge on any atom is 0.273 e. The van der Waals surface area contributed by atoms with Crippen molar-refractivity contribution >= 4 is 28.0 Å². The van der Waals surface area contributed by atoms with Gasteiger partial charge in [0.25, 0.3) is 5.91 Å². The molecule has 0 saturated carbocycles. The van der Waals surface area contributed by atoms with Crippen molar-refractivity contribution in [2.24, 2.45) is 0 Å². The zero-order valence-electron chi connectivity index (χ0n) is 15.5. The van der Waals surface area contributed by atoms with Gasteiger partial charge in [0, 0.05) is 37.3 Å². The van der Waals surface area contributed by atoms with E-state index in [0.29, 0.717) is 25.3 Å². The van der Waals surface area contributed by atoms with Gasteiger partial charge in [-0.05, 0) is 12.5 Å². The van der Waals surface area contributed by atoms with Crippen molar-refractivity contribution in [2.45, 2.75) is 19.9 Å². The van der Waals surface area contributed by atoms with E-state index in [1.54, 1.807) is 11.3 Å². The Hall–Kier alpha value is -3.13. The van der Waals surface area contributed by atoms with Crippen molar-refractivity contribution in [3.05, 3.63) is 70.9 Å². The van der Waals surface area contributed by atoms with E-state index in [1.165, 1.54) is 0 Å². The zero-order valence-corrected chi connectivity index (χ0v) is 16.3. The highest BCUT2D eigenvalue weighted by molar-refractivity contribution is 7.15. The number of fused-ring (bicyclic) bond motifs is 2. The van der Waals surface area contributed by atoms with Crippen LogP contribution in [0.25, 0.3) is 4.96 Å². The van der Waals surface area contributed by atoms with Crippen LogP contribution in [0.2, 0.25) is 0 Å². The number of thiazole rings is 1. The first-order valence-corrected chi connectivity index (χ1v) is 10.2. The van der Waals surface area contributed by atoms with Crippen molar-refractivity contribution < 1.29 is 4.79 Å². The van der Waals surface area contributed by atoms with Crippen LogP contribution in [-0.2, 0) is 13.0 Å². The Kier molecular flexibility index (Phi) is 4.12. The molecule has 1 aromatic carbocycles. The maximum absolute atomic E-state index is 12.7. The number of benzene rings is 1. The Morgan fingerprint density at radius 3 is 2.86 bits per heavy atom. The van der Waals surface area contributed by atoms with E-state index in [-0.39, 0.29) is 5.91 Å². The van der Waals surface area contributed by atoms with E-state index in [4.69, 9.17) is 9.97 Å². The second-order valence-corrected chi connectivity index (χ2v) is 7.67. The molecule has 3 aromatic heterocycles. The molecule has 28 heavy (non-hydrogen) atoms. The highest BCUT2D eigenvalue weighted by Gasteiger charge is 2.30. The molecule has 0 radical (unpaired) electrons. The van der Waals surface area contributed by atoms with Crippen molar-refractivity contribution in [2.75, 3.05) is 18.1 Å². The Labute approximate surface area is 166 Å². The van der Waals surface area contributed by atoms with Crippen molar-refractivity contribution in [3.63, 3.8) is 0 Å². The topological polar surface area (TPSA) is 67.5 Å². The molecule has 0 fully saturated rings. The SMILES string of the molecule is CCN1CNC(=O)c2c1nc(Cc1cn3ccsc3n1)n2Cc1ccccc1. The summed E-state index contributed by atoms with van der Waals surface area (Å²) in [5, 5.41) is 4.99. The summed E-state index contributed by atoms with van der Waals surface area (Å²) in [7, 11) is 0. The van der Waals surface area contributed by atoms with Crippen LogP contribution in [-0.4, -0.2) is 38.1 Å². The molecule has 0 aliphatic carbocycles. The molecule has 0 bridgehead atoms. The van der Waals surface area contributed by atoms with Gasteiger partial charge in [-0.1, -0.05) is 30.3 Å². The standard InChI is InChI=1S/C20H20N6OS/c1-2-24-13-21-19(27)17-18(24)23-16(26(17)11-14-6-4-3-5-7-14)10-15-12-25-8-9-28-20(25)22-15/h3-9,12H,2,10-11,13H2,1H3,(H,21,27). The number of anilines is 1. The molecule has 1 N–H and O–H groups in total. The summed E-state index contributed by atoms with van der Waals surface area (Å²) >= 11 is 1.61. The number of hydrogen-bond acceptors (Lipinski definition) is 5. The molecular formula is C20H20N6OS. The van der Waals surface area contributed by atoms with Crippen LogP contribution < -0.4 is 10.2 Å². The van der Waals surface area contributed by atoms with Crippen molar-refractivity contribution in [3.8, 4) is 0 Å². The fourth-order valence-electron chi connectivity index (χ4n) is 3.61. The lowest BCUT2D eigenvalue weighted by Gasteiger charge is -2.27. The van der Waals surface area contributed by atoms with Crippen LogP contribution >= 0.6 is 11.3 Å². The van der Waals surface area contributed by atoms with Gasteiger partial charge in [0.05, 0.1) is 12.4 Å².